The number of unbranched alkanes of at least 4 members (excludes halogenated alkanes) is 2. The highest BCUT2D eigenvalue weighted by Gasteiger charge is 2.64. The van der Waals surface area contributed by atoms with Gasteiger partial charge in [-0.15, -0.1) is 0 Å². The summed E-state index contributed by atoms with van der Waals surface area (Å²) < 4.78 is 54.2. The summed E-state index contributed by atoms with van der Waals surface area (Å²) in [5.41, 5.74) is -1.15. The highest BCUT2D eigenvalue weighted by Crippen LogP contribution is 2.49. The number of carbonyl (C=O) groups is 6. The molecule has 1 aromatic rings. The monoisotopic (exact) mass is 1140 g/mol. The quantitative estimate of drug-likeness (QED) is 0.0920. The van der Waals surface area contributed by atoms with Crippen molar-refractivity contribution >= 4 is 86.4 Å². The Morgan fingerprint density at radius 1 is 1.00 bits per heavy atom. The number of esters is 1. The van der Waals surface area contributed by atoms with Crippen LogP contribution in [0.5, 0.6) is 5.75 Å². The number of rotatable bonds is 20. The van der Waals surface area contributed by atoms with E-state index in [4.69, 9.17) is 46.9 Å². The maximum atomic E-state index is 14.3. The predicted octanol–water partition coefficient (Wildman–Crippen LogP) is 4.55. The number of aliphatic hydroxyl groups excluding tert-OH is 1. The Morgan fingerprint density at radius 3 is 2.26 bits per heavy atom. The number of nitrogens with one attached hydrogen (secondary N) is 1. The maximum absolute atomic E-state index is 14.3. The van der Waals surface area contributed by atoms with Crippen LogP contribution in [0.4, 0.5) is 10.5 Å². The van der Waals surface area contributed by atoms with Gasteiger partial charge in [-0.3, -0.25) is 24.5 Å². The Bertz CT molecular complexity index is 2520. The van der Waals surface area contributed by atoms with Crippen molar-refractivity contribution in [2.75, 3.05) is 78.5 Å². The molecule has 4 aliphatic heterocycles. The third-order valence-electron chi connectivity index (χ3n) is 14.5. The van der Waals surface area contributed by atoms with Gasteiger partial charge < -0.3 is 53.5 Å². The minimum atomic E-state index is -3.87. The largest absolute Gasteiger partial charge is 0.495 e. The number of sulfonamides is 1. The number of nitrogens with zero attached hydrogens (tertiary/aromatic N) is 5. The topological polar surface area (TPSA) is 255 Å². The fourth-order valence-corrected chi connectivity index (χ4v) is 12.0. The number of ether oxygens (including phenoxy) is 5. The average molecular weight is 1150 g/mol. The van der Waals surface area contributed by atoms with Crippen LogP contribution in [-0.2, 0) is 59.4 Å². The SMILES string of the molecule is COc1cc2cc(c1Cl)N(C)C(=O)C[C@H](OC(=O)[C@H](C)N(C)C(=O)CCSCCC(=O)N(C)CCN(C)C(=O)CCCCCN1C(O)C=C(Cl)S1(=O)=O)[C@]1(C)O[C@H]1[C@H](C)[C@@H]1C[C@@](O)(NC(=O)O1)[C@H](OC)/C=C/C=C(\C)C2. The molecule has 4 aliphatic rings. The van der Waals surface area contributed by atoms with E-state index in [1.54, 1.807) is 59.3 Å². The number of allylic oxidation sites excluding steroid dienone is 3. The van der Waals surface area contributed by atoms with Gasteiger partial charge in [0, 0.05) is 98.0 Å². The predicted molar refractivity (Wildman–Crippen MR) is 287 cm³/mol. The molecule has 21 nitrogen and oxygen atoms in total. The number of anilines is 1. The number of likely N-dealkylation sites (N-methyl/N-ethyl adjacent to an activating group) is 3. The first-order valence-corrected chi connectivity index (χ1v) is 28.5. The van der Waals surface area contributed by atoms with Gasteiger partial charge in [-0.1, -0.05) is 60.3 Å². The molecule has 2 fully saturated rings. The number of alkyl carbamates (subject to hydrolysis) is 1. The molecule has 4 heterocycles. The summed E-state index contributed by atoms with van der Waals surface area (Å²) in [6.45, 7) is 7.57. The zero-order valence-corrected chi connectivity index (χ0v) is 48.1. The number of hydrogen-bond donors (Lipinski definition) is 3. The molecule has 0 spiro atoms. The first-order valence-electron chi connectivity index (χ1n) is 25.2. The minimum absolute atomic E-state index is 0.0490. The highest BCUT2D eigenvalue weighted by molar-refractivity contribution is 7.99. The Hall–Kier alpha value is -4.46. The highest BCUT2D eigenvalue weighted by atomic mass is 35.5. The lowest BCUT2D eigenvalue weighted by atomic mass is 9.83. The van der Waals surface area contributed by atoms with Crippen molar-refractivity contribution in [3.63, 3.8) is 0 Å². The van der Waals surface area contributed by atoms with Gasteiger partial charge in [0.2, 0.25) is 23.6 Å². The van der Waals surface area contributed by atoms with E-state index in [1.165, 1.54) is 59.6 Å². The smallest absolute Gasteiger partial charge is 0.409 e. The summed E-state index contributed by atoms with van der Waals surface area (Å²) in [6.07, 6.45) is 2.21. The van der Waals surface area contributed by atoms with E-state index >= 15 is 0 Å². The van der Waals surface area contributed by atoms with Crippen molar-refractivity contribution in [2.45, 2.75) is 133 Å². The Morgan fingerprint density at radius 2 is 1.64 bits per heavy atom. The molecule has 1 aromatic carbocycles. The molecular formula is C51H74Cl2N6O15S2. The summed E-state index contributed by atoms with van der Waals surface area (Å²) in [7, 11) is 5.34. The lowest BCUT2D eigenvalue weighted by Gasteiger charge is -2.42. The summed E-state index contributed by atoms with van der Waals surface area (Å²) in [5.74, 6) is -1.37. The molecule has 76 heavy (non-hydrogen) atoms. The number of halogens is 2. The fourth-order valence-electron chi connectivity index (χ4n) is 9.26. The number of carbonyl (C=O) groups excluding carboxylic acids is 6. The summed E-state index contributed by atoms with van der Waals surface area (Å²) in [6, 6.07) is 2.44. The Kier molecular flexibility index (Phi) is 22.1. The van der Waals surface area contributed by atoms with Crippen LogP contribution in [-0.4, -0.2) is 195 Å². The van der Waals surface area contributed by atoms with E-state index in [-0.39, 0.29) is 61.4 Å². The molecule has 0 radical (unpaired) electrons. The number of benzene rings is 1. The Labute approximate surface area is 460 Å². The number of epoxide rings is 1. The summed E-state index contributed by atoms with van der Waals surface area (Å²) in [5, 5.41) is 24.5. The van der Waals surface area contributed by atoms with E-state index < -0.39 is 86.3 Å². The van der Waals surface area contributed by atoms with Crippen LogP contribution >= 0.6 is 35.0 Å². The zero-order chi connectivity index (χ0) is 56.4. The standard InChI is InChI=1S/C51H74Cl2N6O15S2/c1-31-15-14-16-38(71-10)51(67)30-37(72-49(66)54-51)32(2)47-50(4,74-47)39(28-44(63)58(8)35-26-34(25-31)27-36(70-9)46(35)53)73-48(65)33(3)57(7)43(62)19-24-75-23-18-42(61)56(6)22-21-55(5)41(60)17-12-11-13-20-59-45(64)29-40(52)76(59,68)69/h14-16,26-27,29,32-33,37-39,45,47,64,67H,11-13,17-25,28,30H2,1-10H3,(H,54,66)/b16-14+,31-15+/t32-,33+,37+,38-,39+,45?,47+,50+,51+/m1/s1. The van der Waals surface area contributed by atoms with Crippen LogP contribution in [0.15, 0.2) is 46.4 Å². The van der Waals surface area contributed by atoms with Gasteiger partial charge in [-0.25, -0.2) is 18.0 Å². The van der Waals surface area contributed by atoms with E-state index in [1.807, 2.05) is 13.0 Å². The van der Waals surface area contributed by atoms with Gasteiger partial charge in [-0.2, -0.15) is 16.1 Å². The molecule has 2 saturated heterocycles. The maximum Gasteiger partial charge on any atom is 0.409 e. The van der Waals surface area contributed by atoms with E-state index in [0.29, 0.717) is 61.7 Å². The number of fused-ring (bicyclic) bond motifs is 5. The van der Waals surface area contributed by atoms with Crippen LogP contribution in [0.25, 0.3) is 0 Å². The van der Waals surface area contributed by atoms with Gasteiger partial charge in [0.1, 0.15) is 51.3 Å². The van der Waals surface area contributed by atoms with Crippen LogP contribution in [0.3, 0.4) is 0 Å². The molecule has 25 heteroatoms. The fraction of sp³-hybridized carbons (Fsp3) is 0.647. The number of aliphatic hydroxyl groups is 2. The molecule has 5 amide bonds. The van der Waals surface area contributed by atoms with Crippen molar-refractivity contribution in [3.8, 4) is 5.75 Å². The number of thioether (sulfide) groups is 1. The van der Waals surface area contributed by atoms with Crippen LogP contribution in [0.1, 0.15) is 84.6 Å². The molecular weight excluding hydrogens is 1070 g/mol. The zero-order valence-electron chi connectivity index (χ0n) is 44.9. The number of hydrogen-bond acceptors (Lipinski definition) is 16. The molecule has 0 aliphatic carbocycles. The van der Waals surface area contributed by atoms with E-state index in [2.05, 4.69) is 5.32 Å². The second-order valence-electron chi connectivity index (χ2n) is 20.0. The van der Waals surface area contributed by atoms with E-state index in [9.17, 15) is 47.4 Å². The third-order valence-corrected chi connectivity index (χ3v) is 18.2. The minimum Gasteiger partial charge on any atom is -0.495 e. The van der Waals surface area contributed by atoms with Gasteiger partial charge in [0.05, 0.1) is 25.3 Å². The molecule has 3 N–H and O–H groups in total. The normalized spacial score (nSPS) is 28.1. The molecule has 0 saturated carbocycles. The first kappa shape index (κ1) is 62.4. The van der Waals surface area contributed by atoms with Gasteiger partial charge >= 0.3 is 12.1 Å². The first-order chi connectivity index (χ1) is 35.7. The van der Waals surface area contributed by atoms with Gasteiger partial charge in [-0.05, 0) is 63.8 Å². The van der Waals surface area contributed by atoms with Crippen molar-refractivity contribution in [2.24, 2.45) is 5.92 Å². The molecule has 9 atom stereocenters. The van der Waals surface area contributed by atoms with Crippen molar-refractivity contribution < 1.29 is 71.1 Å². The number of methoxy groups -OCH3 is 2. The van der Waals surface area contributed by atoms with Crippen molar-refractivity contribution in [1.82, 2.24) is 24.3 Å². The molecule has 1 unspecified atom stereocenters. The van der Waals surface area contributed by atoms with Crippen LogP contribution in [0, 0.1) is 5.92 Å². The lowest BCUT2D eigenvalue weighted by molar-refractivity contribution is -0.162. The molecule has 5 rings (SSSR count). The molecule has 424 valence electrons. The van der Waals surface area contributed by atoms with Gasteiger partial charge in [0.25, 0.3) is 10.0 Å². The molecule has 4 bridgehead atoms. The number of amides is 5. The molecule has 0 aromatic heterocycles. The second kappa shape index (κ2) is 26.9. The lowest BCUT2D eigenvalue weighted by Crippen LogP contribution is -2.63. The van der Waals surface area contributed by atoms with Crippen molar-refractivity contribution in [3.05, 3.63) is 57.0 Å². The van der Waals surface area contributed by atoms with Gasteiger partial charge in [0.15, 0.2) is 5.72 Å². The summed E-state index contributed by atoms with van der Waals surface area (Å²) in [4.78, 5) is 86.2. The average Bonchev–Trinajstić information content (AvgIpc) is 4.02. The van der Waals surface area contributed by atoms with Crippen molar-refractivity contribution in [1.29, 1.82) is 0 Å². The second-order valence-corrected chi connectivity index (χ2v) is 24.1. The van der Waals surface area contributed by atoms with Crippen LogP contribution < -0.4 is 15.0 Å². The van der Waals surface area contributed by atoms with Crippen LogP contribution in [0.2, 0.25) is 5.02 Å². The summed E-state index contributed by atoms with van der Waals surface area (Å²) >= 11 is 13.9. The third kappa shape index (κ3) is 15.4. The van der Waals surface area contributed by atoms with E-state index in [0.717, 1.165) is 21.5 Å². The Balaban J connectivity index is 1.15.